The van der Waals surface area contributed by atoms with Crippen LogP contribution in [-0.2, 0) is 9.22 Å². The van der Waals surface area contributed by atoms with Crippen LogP contribution < -0.4 is 0 Å². The van der Waals surface area contributed by atoms with E-state index < -0.39 is 8.32 Å². The van der Waals surface area contributed by atoms with Crippen molar-refractivity contribution in [1.82, 2.24) is 0 Å². The van der Waals surface area contributed by atoms with Crippen LogP contribution in [0.1, 0.15) is 40.0 Å². The molecular formula is C12H24O2Si. The first-order valence-corrected chi connectivity index (χ1v) is 8.80. The average molecular weight is 228 g/mol. The number of hydrogen-bond donors (Lipinski definition) is 0. The molecule has 0 aromatic heterocycles. The minimum Gasteiger partial charge on any atom is -0.414 e. The Morgan fingerprint density at radius 2 is 1.87 bits per heavy atom. The third-order valence-electron chi connectivity index (χ3n) is 3.89. The van der Waals surface area contributed by atoms with E-state index in [1.807, 2.05) is 0 Å². The summed E-state index contributed by atoms with van der Waals surface area (Å²) in [6.45, 7) is 11.3. The highest BCUT2D eigenvalue weighted by molar-refractivity contribution is 6.74. The number of aldehydes is 1. The monoisotopic (exact) mass is 228 g/mol. The fourth-order valence-corrected chi connectivity index (χ4v) is 3.20. The maximum absolute atomic E-state index is 10.7. The molecule has 0 unspecified atom stereocenters. The van der Waals surface area contributed by atoms with Gasteiger partial charge in [-0.3, -0.25) is 0 Å². The van der Waals surface area contributed by atoms with Crippen LogP contribution in [0.3, 0.4) is 0 Å². The highest BCUT2D eigenvalue weighted by Crippen LogP contribution is 2.40. The normalized spacial score (nSPS) is 28.1. The average Bonchev–Trinajstić information content (AvgIpc) is 2.49. The molecule has 88 valence electrons. The Morgan fingerprint density at radius 3 is 2.27 bits per heavy atom. The summed E-state index contributed by atoms with van der Waals surface area (Å²) >= 11 is 0. The zero-order valence-corrected chi connectivity index (χ0v) is 11.7. The molecule has 0 saturated heterocycles. The van der Waals surface area contributed by atoms with Gasteiger partial charge in [-0.25, -0.2) is 0 Å². The first-order chi connectivity index (χ1) is 6.76. The van der Waals surface area contributed by atoms with Crippen LogP contribution in [0.4, 0.5) is 0 Å². The standard InChI is InChI=1S/C12H24O2Si/c1-12(2,3)15(4,5)14-11-7-6-10(8-11)9-13/h9-11H,6-8H2,1-5H3/t10-,11-/m0/s1. The van der Waals surface area contributed by atoms with E-state index in [0.29, 0.717) is 6.10 Å². The first kappa shape index (κ1) is 12.9. The van der Waals surface area contributed by atoms with Gasteiger partial charge in [-0.1, -0.05) is 20.8 Å². The lowest BCUT2D eigenvalue weighted by Gasteiger charge is -2.38. The van der Waals surface area contributed by atoms with E-state index in [9.17, 15) is 4.79 Å². The predicted molar refractivity (Wildman–Crippen MR) is 65.5 cm³/mol. The highest BCUT2D eigenvalue weighted by Gasteiger charge is 2.40. The van der Waals surface area contributed by atoms with E-state index in [1.165, 1.54) is 0 Å². The van der Waals surface area contributed by atoms with Gasteiger partial charge in [0.05, 0.1) is 0 Å². The lowest BCUT2D eigenvalue weighted by Crippen LogP contribution is -2.43. The van der Waals surface area contributed by atoms with Crippen LogP contribution in [0.5, 0.6) is 0 Å². The largest absolute Gasteiger partial charge is 0.414 e. The zero-order valence-electron chi connectivity index (χ0n) is 10.7. The maximum atomic E-state index is 10.7. The van der Waals surface area contributed by atoms with Gasteiger partial charge in [-0.05, 0) is 37.4 Å². The maximum Gasteiger partial charge on any atom is 0.192 e. The van der Waals surface area contributed by atoms with Gasteiger partial charge in [-0.2, -0.15) is 0 Å². The molecule has 0 N–H and O–H groups in total. The topological polar surface area (TPSA) is 26.3 Å². The Kier molecular flexibility index (Phi) is 3.77. The third kappa shape index (κ3) is 3.15. The van der Waals surface area contributed by atoms with Gasteiger partial charge in [-0.15, -0.1) is 0 Å². The molecule has 1 rings (SSSR count). The summed E-state index contributed by atoms with van der Waals surface area (Å²) in [7, 11) is -1.63. The van der Waals surface area contributed by atoms with E-state index in [4.69, 9.17) is 4.43 Å². The van der Waals surface area contributed by atoms with Crippen molar-refractivity contribution < 1.29 is 9.22 Å². The Labute approximate surface area is 94.5 Å². The van der Waals surface area contributed by atoms with E-state index in [1.54, 1.807) is 0 Å². The SMILES string of the molecule is CC(C)(C)[Si](C)(C)O[C@H]1CC[C@H](C=O)C1. The second-order valence-corrected chi connectivity index (χ2v) is 11.0. The molecule has 2 nitrogen and oxygen atoms in total. The Hall–Kier alpha value is -0.153. The summed E-state index contributed by atoms with van der Waals surface area (Å²) in [6.07, 6.45) is 4.45. The van der Waals surface area contributed by atoms with Crippen LogP contribution in [0.25, 0.3) is 0 Å². The first-order valence-electron chi connectivity index (χ1n) is 5.89. The van der Waals surface area contributed by atoms with Crippen LogP contribution in [-0.4, -0.2) is 20.7 Å². The van der Waals surface area contributed by atoms with Crippen LogP contribution in [0, 0.1) is 5.92 Å². The molecule has 1 aliphatic rings. The fraction of sp³-hybridized carbons (Fsp3) is 0.917. The molecule has 2 atom stereocenters. The fourth-order valence-electron chi connectivity index (χ4n) is 1.80. The summed E-state index contributed by atoms with van der Waals surface area (Å²) in [6, 6.07) is 0. The number of carbonyl (C=O) groups excluding carboxylic acids is 1. The molecule has 0 spiro atoms. The van der Waals surface area contributed by atoms with Crippen LogP contribution in [0.15, 0.2) is 0 Å². The predicted octanol–water partition coefficient (Wildman–Crippen LogP) is 3.38. The van der Waals surface area contributed by atoms with Crippen LogP contribution in [0.2, 0.25) is 18.1 Å². The van der Waals surface area contributed by atoms with Crippen molar-refractivity contribution in [3.63, 3.8) is 0 Å². The van der Waals surface area contributed by atoms with Gasteiger partial charge >= 0.3 is 0 Å². The number of carbonyl (C=O) groups is 1. The lowest BCUT2D eigenvalue weighted by atomic mass is 10.1. The molecule has 0 bridgehead atoms. The summed E-state index contributed by atoms with van der Waals surface area (Å²) in [5.41, 5.74) is 0. The Morgan fingerprint density at radius 1 is 1.27 bits per heavy atom. The number of rotatable bonds is 3. The Bertz CT molecular complexity index is 230. The van der Waals surface area contributed by atoms with Gasteiger partial charge in [0.25, 0.3) is 0 Å². The van der Waals surface area contributed by atoms with E-state index >= 15 is 0 Å². The third-order valence-corrected chi connectivity index (χ3v) is 8.42. The Balaban J connectivity index is 2.52. The van der Waals surface area contributed by atoms with Gasteiger partial charge in [0, 0.05) is 12.0 Å². The van der Waals surface area contributed by atoms with Gasteiger partial charge in [0.2, 0.25) is 0 Å². The second-order valence-electron chi connectivity index (χ2n) is 6.21. The molecule has 1 aliphatic carbocycles. The molecule has 0 aromatic carbocycles. The summed E-state index contributed by atoms with van der Waals surface area (Å²) in [4.78, 5) is 10.7. The minimum atomic E-state index is -1.63. The van der Waals surface area contributed by atoms with Crippen molar-refractivity contribution in [2.24, 2.45) is 5.92 Å². The molecule has 0 aromatic rings. The molecule has 15 heavy (non-hydrogen) atoms. The van der Waals surface area contributed by atoms with Crippen molar-refractivity contribution >= 4 is 14.6 Å². The van der Waals surface area contributed by atoms with Gasteiger partial charge in [0.1, 0.15) is 6.29 Å². The van der Waals surface area contributed by atoms with E-state index in [2.05, 4.69) is 33.9 Å². The molecule has 0 amide bonds. The molecule has 1 fully saturated rings. The summed E-state index contributed by atoms with van der Waals surface area (Å²) in [5.74, 6) is 0.250. The van der Waals surface area contributed by atoms with Crippen molar-refractivity contribution in [3.8, 4) is 0 Å². The van der Waals surface area contributed by atoms with Crippen molar-refractivity contribution in [2.45, 2.75) is 64.3 Å². The van der Waals surface area contributed by atoms with E-state index in [-0.39, 0.29) is 11.0 Å². The van der Waals surface area contributed by atoms with E-state index in [0.717, 1.165) is 25.5 Å². The highest BCUT2D eigenvalue weighted by atomic mass is 28.4. The zero-order chi connectivity index (χ0) is 11.7. The quantitative estimate of drug-likeness (QED) is 0.547. The molecule has 0 aliphatic heterocycles. The van der Waals surface area contributed by atoms with Crippen molar-refractivity contribution in [1.29, 1.82) is 0 Å². The van der Waals surface area contributed by atoms with Crippen LogP contribution >= 0.6 is 0 Å². The lowest BCUT2D eigenvalue weighted by molar-refractivity contribution is -0.111. The molecule has 0 heterocycles. The second kappa shape index (κ2) is 4.38. The summed E-state index contributed by atoms with van der Waals surface area (Å²) in [5, 5.41) is 0.270. The molecular weight excluding hydrogens is 204 g/mol. The van der Waals surface area contributed by atoms with Gasteiger partial charge < -0.3 is 9.22 Å². The molecule has 3 heteroatoms. The summed E-state index contributed by atoms with van der Waals surface area (Å²) < 4.78 is 6.28. The number of hydrogen-bond acceptors (Lipinski definition) is 2. The van der Waals surface area contributed by atoms with Gasteiger partial charge in [0.15, 0.2) is 8.32 Å². The van der Waals surface area contributed by atoms with Crippen molar-refractivity contribution in [2.75, 3.05) is 0 Å². The smallest absolute Gasteiger partial charge is 0.192 e. The minimum absolute atomic E-state index is 0.250. The van der Waals surface area contributed by atoms with Crippen molar-refractivity contribution in [3.05, 3.63) is 0 Å². The molecule has 1 saturated carbocycles. The molecule has 0 radical (unpaired) electrons.